The molecule has 1 aromatic rings. The molecular formula is C17H28ClFN2. The van der Waals surface area contributed by atoms with E-state index < -0.39 is 0 Å². The Morgan fingerprint density at radius 2 is 2.00 bits per heavy atom. The van der Waals surface area contributed by atoms with Crippen LogP contribution in [0.1, 0.15) is 39.2 Å². The quantitative estimate of drug-likeness (QED) is 0.776. The van der Waals surface area contributed by atoms with E-state index in [0.717, 1.165) is 19.4 Å². The van der Waals surface area contributed by atoms with Gasteiger partial charge < -0.3 is 10.2 Å². The highest BCUT2D eigenvalue weighted by Crippen LogP contribution is 2.28. The molecule has 2 atom stereocenters. The average Bonchev–Trinajstić information content (AvgIpc) is 2.45. The minimum absolute atomic E-state index is 0.0548. The van der Waals surface area contributed by atoms with Crippen LogP contribution in [0.15, 0.2) is 18.2 Å². The zero-order chi connectivity index (χ0) is 16.0. The minimum Gasteiger partial charge on any atom is -0.312 e. The molecule has 0 aromatic heterocycles. The molecular weight excluding hydrogens is 287 g/mol. The SMILES string of the molecule is CCCNC(Cc1c(F)cccc1Cl)C(C)(CC)N(C)C. The fraction of sp³-hybridized carbons (Fsp3) is 0.647. The van der Waals surface area contributed by atoms with Gasteiger partial charge in [-0.15, -0.1) is 0 Å². The molecule has 4 heteroatoms. The van der Waals surface area contributed by atoms with Gasteiger partial charge in [-0.3, -0.25) is 0 Å². The predicted octanol–water partition coefficient (Wildman–Crippen LogP) is 4.12. The average molecular weight is 315 g/mol. The molecule has 2 nitrogen and oxygen atoms in total. The molecule has 0 aliphatic carbocycles. The Hall–Kier alpha value is -0.640. The van der Waals surface area contributed by atoms with Gasteiger partial charge in [-0.05, 0) is 59.0 Å². The lowest BCUT2D eigenvalue weighted by Crippen LogP contribution is -2.58. The Morgan fingerprint density at radius 1 is 1.33 bits per heavy atom. The molecule has 0 bridgehead atoms. The third kappa shape index (κ3) is 4.41. The molecule has 21 heavy (non-hydrogen) atoms. The first-order valence-corrected chi connectivity index (χ1v) is 8.08. The van der Waals surface area contributed by atoms with Crippen molar-refractivity contribution in [3.63, 3.8) is 0 Å². The zero-order valence-electron chi connectivity index (χ0n) is 13.8. The van der Waals surface area contributed by atoms with E-state index in [1.807, 2.05) is 0 Å². The summed E-state index contributed by atoms with van der Waals surface area (Å²) in [5.41, 5.74) is 0.551. The maximum Gasteiger partial charge on any atom is 0.127 e. The van der Waals surface area contributed by atoms with Crippen LogP contribution in [0.25, 0.3) is 0 Å². The Labute approximate surface area is 133 Å². The Balaban J connectivity index is 3.08. The van der Waals surface area contributed by atoms with E-state index >= 15 is 0 Å². The topological polar surface area (TPSA) is 15.3 Å². The van der Waals surface area contributed by atoms with Crippen LogP contribution < -0.4 is 5.32 Å². The molecule has 1 aromatic carbocycles. The number of benzene rings is 1. The summed E-state index contributed by atoms with van der Waals surface area (Å²) in [5.74, 6) is -0.219. The highest BCUT2D eigenvalue weighted by Gasteiger charge is 2.35. The first kappa shape index (κ1) is 18.4. The van der Waals surface area contributed by atoms with E-state index in [1.165, 1.54) is 6.07 Å². The van der Waals surface area contributed by atoms with Crippen LogP contribution in [0.4, 0.5) is 4.39 Å². The largest absolute Gasteiger partial charge is 0.312 e. The summed E-state index contributed by atoms with van der Waals surface area (Å²) in [5, 5.41) is 4.09. The summed E-state index contributed by atoms with van der Waals surface area (Å²) < 4.78 is 14.1. The molecule has 0 radical (unpaired) electrons. The molecule has 0 aliphatic rings. The van der Waals surface area contributed by atoms with Gasteiger partial charge in [0, 0.05) is 22.2 Å². The van der Waals surface area contributed by atoms with Crippen molar-refractivity contribution < 1.29 is 4.39 Å². The van der Waals surface area contributed by atoms with Crippen LogP contribution in [0.5, 0.6) is 0 Å². The monoisotopic (exact) mass is 314 g/mol. The smallest absolute Gasteiger partial charge is 0.127 e. The fourth-order valence-electron chi connectivity index (χ4n) is 2.64. The zero-order valence-corrected chi connectivity index (χ0v) is 14.6. The van der Waals surface area contributed by atoms with Crippen molar-refractivity contribution in [1.29, 1.82) is 0 Å². The van der Waals surface area contributed by atoms with Crippen molar-refractivity contribution in [1.82, 2.24) is 10.2 Å². The van der Waals surface area contributed by atoms with Crippen LogP contribution in [-0.2, 0) is 6.42 Å². The molecule has 1 N–H and O–H groups in total. The van der Waals surface area contributed by atoms with Crippen molar-refractivity contribution in [2.75, 3.05) is 20.6 Å². The summed E-state index contributed by atoms with van der Waals surface area (Å²) >= 11 is 6.20. The molecule has 0 saturated heterocycles. The molecule has 0 heterocycles. The third-order valence-corrected chi connectivity index (χ3v) is 4.95. The Kier molecular flexibility index (Phi) is 7.11. The number of hydrogen-bond acceptors (Lipinski definition) is 2. The van der Waals surface area contributed by atoms with E-state index in [-0.39, 0.29) is 17.4 Å². The lowest BCUT2D eigenvalue weighted by atomic mass is 9.84. The maximum absolute atomic E-state index is 14.1. The van der Waals surface area contributed by atoms with Crippen molar-refractivity contribution >= 4 is 11.6 Å². The maximum atomic E-state index is 14.1. The molecule has 0 fully saturated rings. The van der Waals surface area contributed by atoms with Gasteiger partial charge in [0.1, 0.15) is 5.82 Å². The van der Waals surface area contributed by atoms with Crippen molar-refractivity contribution in [2.45, 2.75) is 51.6 Å². The summed E-state index contributed by atoms with van der Waals surface area (Å²) in [6.45, 7) is 7.44. The van der Waals surface area contributed by atoms with E-state index in [9.17, 15) is 4.39 Å². The van der Waals surface area contributed by atoms with Crippen molar-refractivity contribution in [2.24, 2.45) is 0 Å². The summed E-state index contributed by atoms with van der Waals surface area (Å²) in [4.78, 5) is 2.22. The van der Waals surface area contributed by atoms with Gasteiger partial charge in [0.2, 0.25) is 0 Å². The first-order chi connectivity index (χ1) is 9.86. The van der Waals surface area contributed by atoms with Gasteiger partial charge in [0.05, 0.1) is 0 Å². The summed E-state index contributed by atoms with van der Waals surface area (Å²) in [6, 6.07) is 5.04. The predicted molar refractivity (Wildman–Crippen MR) is 89.6 cm³/mol. The Morgan fingerprint density at radius 3 is 2.48 bits per heavy atom. The van der Waals surface area contributed by atoms with Crippen LogP contribution in [0.3, 0.4) is 0 Å². The summed E-state index contributed by atoms with van der Waals surface area (Å²) in [7, 11) is 4.15. The highest BCUT2D eigenvalue weighted by molar-refractivity contribution is 6.31. The van der Waals surface area contributed by atoms with E-state index in [4.69, 9.17) is 11.6 Å². The number of nitrogens with zero attached hydrogens (tertiary/aromatic N) is 1. The molecule has 0 amide bonds. The number of hydrogen-bond donors (Lipinski definition) is 1. The second-order valence-electron chi connectivity index (χ2n) is 6.02. The highest BCUT2D eigenvalue weighted by atomic mass is 35.5. The van der Waals surface area contributed by atoms with Gasteiger partial charge in [0.15, 0.2) is 0 Å². The van der Waals surface area contributed by atoms with E-state index in [1.54, 1.807) is 12.1 Å². The number of likely N-dealkylation sites (N-methyl/N-ethyl adjacent to an activating group) is 1. The minimum atomic E-state index is -0.219. The van der Waals surface area contributed by atoms with E-state index in [0.29, 0.717) is 17.0 Å². The Bertz CT molecular complexity index is 430. The van der Waals surface area contributed by atoms with Crippen molar-refractivity contribution in [3.05, 3.63) is 34.6 Å². The molecule has 0 saturated carbocycles. The number of nitrogens with one attached hydrogen (secondary N) is 1. The second-order valence-corrected chi connectivity index (χ2v) is 6.42. The normalized spacial score (nSPS) is 16.0. The number of rotatable bonds is 8. The lowest BCUT2D eigenvalue weighted by molar-refractivity contribution is 0.112. The molecule has 2 unspecified atom stereocenters. The van der Waals surface area contributed by atoms with E-state index in [2.05, 4.69) is 45.1 Å². The molecule has 120 valence electrons. The molecule has 0 spiro atoms. The van der Waals surface area contributed by atoms with Gasteiger partial charge in [-0.2, -0.15) is 0 Å². The van der Waals surface area contributed by atoms with Gasteiger partial charge in [0.25, 0.3) is 0 Å². The van der Waals surface area contributed by atoms with Gasteiger partial charge >= 0.3 is 0 Å². The van der Waals surface area contributed by atoms with Gasteiger partial charge in [-0.1, -0.05) is 31.5 Å². The van der Waals surface area contributed by atoms with Crippen LogP contribution in [0, 0.1) is 5.82 Å². The summed E-state index contributed by atoms with van der Waals surface area (Å²) in [6.07, 6.45) is 2.62. The van der Waals surface area contributed by atoms with Gasteiger partial charge in [-0.25, -0.2) is 4.39 Å². The van der Waals surface area contributed by atoms with Crippen LogP contribution in [0.2, 0.25) is 5.02 Å². The standard InChI is InChI=1S/C17H28ClFN2/c1-6-11-20-16(17(3,7-2)21(4)5)12-13-14(18)9-8-10-15(13)19/h8-10,16,20H,6-7,11-12H2,1-5H3. The lowest BCUT2D eigenvalue weighted by Gasteiger charge is -2.43. The third-order valence-electron chi connectivity index (χ3n) is 4.60. The molecule has 1 rings (SSSR count). The first-order valence-electron chi connectivity index (χ1n) is 7.70. The van der Waals surface area contributed by atoms with Crippen LogP contribution >= 0.6 is 11.6 Å². The fourth-order valence-corrected chi connectivity index (χ4v) is 2.88. The second kappa shape index (κ2) is 8.11. The van der Waals surface area contributed by atoms with Crippen LogP contribution in [-0.4, -0.2) is 37.1 Å². The number of halogens is 2. The molecule has 0 aliphatic heterocycles. The van der Waals surface area contributed by atoms with Crippen molar-refractivity contribution in [3.8, 4) is 0 Å².